The van der Waals surface area contributed by atoms with Crippen LogP contribution in [-0.4, -0.2) is 29.9 Å². The smallest absolute Gasteiger partial charge is 0.234 e. The van der Waals surface area contributed by atoms with E-state index in [9.17, 15) is 0 Å². The standard InChI is InChI=1S/C15H19N3O3.ClH/c16-11-15(6-8-19-9-7-15)14-17-13(18-21-14)10-20-12-4-2-1-3-5-12;/h1-5H,6-11,16H2;1H. The Balaban J connectivity index is 0.00000176. The zero-order valence-electron chi connectivity index (χ0n) is 12.2. The van der Waals surface area contributed by atoms with Gasteiger partial charge in [0.25, 0.3) is 0 Å². The monoisotopic (exact) mass is 325 g/mol. The SMILES string of the molecule is Cl.NCC1(c2nc(COc3ccccc3)no2)CCOCC1. The molecule has 0 amide bonds. The van der Waals surface area contributed by atoms with Gasteiger partial charge in [0, 0.05) is 19.8 Å². The highest BCUT2D eigenvalue weighted by Gasteiger charge is 2.38. The van der Waals surface area contributed by atoms with Gasteiger partial charge in [-0.2, -0.15) is 4.98 Å². The van der Waals surface area contributed by atoms with Gasteiger partial charge in [-0.3, -0.25) is 0 Å². The van der Waals surface area contributed by atoms with Gasteiger partial charge in [-0.25, -0.2) is 0 Å². The molecule has 22 heavy (non-hydrogen) atoms. The van der Waals surface area contributed by atoms with Gasteiger partial charge in [-0.05, 0) is 25.0 Å². The van der Waals surface area contributed by atoms with E-state index in [0.717, 1.165) is 18.6 Å². The number of aromatic nitrogens is 2. The molecule has 0 bridgehead atoms. The molecule has 2 aromatic rings. The maximum absolute atomic E-state index is 5.93. The third-order valence-corrected chi connectivity index (χ3v) is 3.87. The lowest BCUT2D eigenvalue weighted by Crippen LogP contribution is -2.40. The number of nitrogens with two attached hydrogens (primary N) is 1. The number of rotatable bonds is 5. The molecule has 0 radical (unpaired) electrons. The molecular weight excluding hydrogens is 306 g/mol. The molecule has 1 saturated heterocycles. The number of para-hydroxylation sites is 1. The molecule has 2 heterocycles. The first kappa shape index (κ1) is 16.7. The number of benzene rings is 1. The van der Waals surface area contributed by atoms with E-state index in [4.69, 9.17) is 19.7 Å². The molecule has 1 fully saturated rings. The van der Waals surface area contributed by atoms with Gasteiger partial charge in [0.05, 0.1) is 5.41 Å². The van der Waals surface area contributed by atoms with Crippen LogP contribution < -0.4 is 10.5 Å². The molecule has 0 atom stereocenters. The summed E-state index contributed by atoms with van der Waals surface area (Å²) in [5, 5.41) is 3.99. The second-order valence-electron chi connectivity index (χ2n) is 5.21. The Kier molecular flexibility index (Phi) is 5.76. The lowest BCUT2D eigenvalue weighted by atomic mass is 9.80. The lowest BCUT2D eigenvalue weighted by Gasteiger charge is -2.32. The van der Waals surface area contributed by atoms with Gasteiger partial charge in [0.2, 0.25) is 11.7 Å². The van der Waals surface area contributed by atoms with Crippen molar-refractivity contribution < 1.29 is 14.0 Å². The van der Waals surface area contributed by atoms with Crippen LogP contribution in [-0.2, 0) is 16.8 Å². The fraction of sp³-hybridized carbons (Fsp3) is 0.467. The normalized spacial score (nSPS) is 16.8. The van der Waals surface area contributed by atoms with Crippen molar-refractivity contribution in [3.8, 4) is 5.75 Å². The molecule has 2 N–H and O–H groups in total. The maximum atomic E-state index is 5.93. The van der Waals surface area contributed by atoms with E-state index in [1.54, 1.807) is 0 Å². The number of nitrogens with zero attached hydrogens (tertiary/aromatic N) is 2. The first-order chi connectivity index (χ1) is 10.3. The van der Waals surface area contributed by atoms with Crippen LogP contribution in [0.5, 0.6) is 5.75 Å². The van der Waals surface area contributed by atoms with Crippen molar-refractivity contribution in [1.29, 1.82) is 0 Å². The van der Waals surface area contributed by atoms with Crippen molar-refractivity contribution in [2.75, 3.05) is 19.8 Å². The zero-order chi connectivity index (χ0) is 14.5. The van der Waals surface area contributed by atoms with Crippen LogP contribution in [0.1, 0.15) is 24.6 Å². The van der Waals surface area contributed by atoms with E-state index < -0.39 is 0 Å². The topological polar surface area (TPSA) is 83.4 Å². The van der Waals surface area contributed by atoms with Crippen LogP contribution >= 0.6 is 12.4 Å². The highest BCUT2D eigenvalue weighted by atomic mass is 35.5. The predicted molar refractivity (Wildman–Crippen MR) is 83.1 cm³/mol. The van der Waals surface area contributed by atoms with Gasteiger partial charge in [0.1, 0.15) is 5.75 Å². The second-order valence-corrected chi connectivity index (χ2v) is 5.21. The highest BCUT2D eigenvalue weighted by molar-refractivity contribution is 5.85. The second kappa shape index (κ2) is 7.58. The molecule has 1 aromatic heterocycles. The fourth-order valence-electron chi connectivity index (χ4n) is 2.46. The van der Waals surface area contributed by atoms with Crippen molar-refractivity contribution in [3.05, 3.63) is 42.0 Å². The van der Waals surface area contributed by atoms with E-state index in [-0.39, 0.29) is 24.4 Å². The first-order valence-electron chi connectivity index (χ1n) is 7.11. The third-order valence-electron chi connectivity index (χ3n) is 3.87. The van der Waals surface area contributed by atoms with Crippen LogP contribution in [0.15, 0.2) is 34.9 Å². The van der Waals surface area contributed by atoms with Gasteiger partial charge in [-0.1, -0.05) is 23.4 Å². The quantitative estimate of drug-likeness (QED) is 0.906. The summed E-state index contributed by atoms with van der Waals surface area (Å²) in [6, 6.07) is 9.56. The summed E-state index contributed by atoms with van der Waals surface area (Å²) in [6.45, 7) is 2.12. The average Bonchev–Trinajstić information content (AvgIpc) is 3.04. The van der Waals surface area contributed by atoms with E-state index in [0.29, 0.717) is 31.5 Å². The summed E-state index contributed by atoms with van der Waals surface area (Å²) in [7, 11) is 0. The largest absolute Gasteiger partial charge is 0.485 e. The first-order valence-corrected chi connectivity index (χ1v) is 7.11. The van der Waals surface area contributed by atoms with Crippen LogP contribution in [0.2, 0.25) is 0 Å². The van der Waals surface area contributed by atoms with Crippen molar-refractivity contribution in [3.63, 3.8) is 0 Å². The number of halogens is 1. The minimum atomic E-state index is -0.254. The number of hydrogen-bond acceptors (Lipinski definition) is 6. The summed E-state index contributed by atoms with van der Waals surface area (Å²) >= 11 is 0. The molecule has 1 aromatic carbocycles. The molecule has 120 valence electrons. The molecule has 3 rings (SSSR count). The predicted octanol–water partition coefficient (Wildman–Crippen LogP) is 2.08. The molecule has 1 aliphatic rings. The third kappa shape index (κ3) is 3.58. The Morgan fingerprint density at radius 1 is 1.18 bits per heavy atom. The Labute approximate surface area is 135 Å². The summed E-state index contributed by atoms with van der Waals surface area (Å²) in [4.78, 5) is 4.45. The lowest BCUT2D eigenvalue weighted by molar-refractivity contribution is 0.0409. The highest BCUT2D eigenvalue weighted by Crippen LogP contribution is 2.32. The van der Waals surface area contributed by atoms with Crippen molar-refractivity contribution in [2.24, 2.45) is 5.73 Å². The van der Waals surface area contributed by atoms with Crippen LogP contribution in [0.25, 0.3) is 0 Å². The van der Waals surface area contributed by atoms with Gasteiger partial charge in [-0.15, -0.1) is 12.4 Å². The van der Waals surface area contributed by atoms with Crippen molar-refractivity contribution >= 4 is 12.4 Å². The Morgan fingerprint density at radius 2 is 1.91 bits per heavy atom. The molecule has 1 aliphatic heterocycles. The molecule has 7 heteroatoms. The minimum Gasteiger partial charge on any atom is -0.485 e. The van der Waals surface area contributed by atoms with E-state index in [1.807, 2.05) is 30.3 Å². The summed E-state index contributed by atoms with van der Waals surface area (Å²) < 4.78 is 16.4. The van der Waals surface area contributed by atoms with Crippen molar-refractivity contribution in [1.82, 2.24) is 10.1 Å². The molecule has 6 nitrogen and oxygen atoms in total. The summed E-state index contributed by atoms with van der Waals surface area (Å²) in [5.41, 5.74) is 5.68. The van der Waals surface area contributed by atoms with Gasteiger partial charge in [0.15, 0.2) is 6.61 Å². The Bertz CT molecular complexity index is 570. The molecule has 0 aliphatic carbocycles. The van der Waals surface area contributed by atoms with E-state index in [2.05, 4.69) is 10.1 Å². The number of ether oxygens (including phenoxy) is 2. The summed E-state index contributed by atoms with van der Waals surface area (Å²) in [6.07, 6.45) is 1.62. The minimum absolute atomic E-state index is 0. The molecular formula is C15H20ClN3O3. The maximum Gasteiger partial charge on any atom is 0.234 e. The fourth-order valence-corrected chi connectivity index (χ4v) is 2.46. The van der Waals surface area contributed by atoms with E-state index >= 15 is 0 Å². The summed E-state index contributed by atoms with van der Waals surface area (Å²) in [5.74, 6) is 1.91. The average molecular weight is 326 g/mol. The molecule has 0 unspecified atom stereocenters. The Hall–Kier alpha value is -1.63. The van der Waals surface area contributed by atoms with Gasteiger partial charge >= 0.3 is 0 Å². The molecule has 0 saturated carbocycles. The van der Waals surface area contributed by atoms with Gasteiger partial charge < -0.3 is 19.7 Å². The Morgan fingerprint density at radius 3 is 2.59 bits per heavy atom. The van der Waals surface area contributed by atoms with Crippen LogP contribution in [0.4, 0.5) is 0 Å². The number of hydrogen-bond donors (Lipinski definition) is 1. The molecule has 0 spiro atoms. The van der Waals surface area contributed by atoms with Crippen molar-refractivity contribution in [2.45, 2.75) is 24.9 Å². The zero-order valence-corrected chi connectivity index (χ0v) is 13.1. The van der Waals surface area contributed by atoms with Crippen LogP contribution in [0.3, 0.4) is 0 Å². The van der Waals surface area contributed by atoms with E-state index in [1.165, 1.54) is 0 Å². The van der Waals surface area contributed by atoms with Crippen LogP contribution in [0, 0.1) is 0 Å².